The Morgan fingerprint density at radius 2 is 1.84 bits per heavy atom. The van der Waals surface area contributed by atoms with Crippen molar-refractivity contribution >= 4 is 12.0 Å². The van der Waals surface area contributed by atoms with Crippen molar-refractivity contribution in [3.8, 4) is 0 Å². The van der Waals surface area contributed by atoms with E-state index in [0.29, 0.717) is 39.4 Å². The maximum absolute atomic E-state index is 12.2. The molecule has 0 saturated carbocycles. The first-order chi connectivity index (χ1) is 9.22. The minimum absolute atomic E-state index is 0.0724. The SMILES string of the molecule is CCOC(=O)N1CCN(C(=O)C2CCCCO2)CC1. The van der Waals surface area contributed by atoms with Crippen molar-refractivity contribution in [1.29, 1.82) is 0 Å². The summed E-state index contributed by atoms with van der Waals surface area (Å²) in [5.74, 6) is 0.0724. The van der Waals surface area contributed by atoms with E-state index in [9.17, 15) is 9.59 Å². The summed E-state index contributed by atoms with van der Waals surface area (Å²) >= 11 is 0. The topological polar surface area (TPSA) is 59.1 Å². The molecular formula is C13H22N2O4. The van der Waals surface area contributed by atoms with Crippen LogP contribution in [0.2, 0.25) is 0 Å². The Kier molecular flexibility index (Phi) is 5.01. The van der Waals surface area contributed by atoms with Gasteiger partial charge in [-0.05, 0) is 26.2 Å². The molecule has 6 heteroatoms. The summed E-state index contributed by atoms with van der Waals surface area (Å²) in [4.78, 5) is 27.2. The second kappa shape index (κ2) is 6.75. The van der Waals surface area contributed by atoms with Crippen molar-refractivity contribution in [2.75, 3.05) is 39.4 Å². The number of hydrogen-bond acceptors (Lipinski definition) is 4. The number of ether oxygens (including phenoxy) is 2. The minimum Gasteiger partial charge on any atom is -0.450 e. The smallest absolute Gasteiger partial charge is 0.409 e. The molecule has 2 rings (SSSR count). The van der Waals surface area contributed by atoms with Crippen LogP contribution in [-0.4, -0.2) is 67.3 Å². The van der Waals surface area contributed by atoms with Gasteiger partial charge in [0.1, 0.15) is 6.10 Å². The third kappa shape index (κ3) is 3.59. The van der Waals surface area contributed by atoms with Crippen molar-refractivity contribution in [2.24, 2.45) is 0 Å². The van der Waals surface area contributed by atoms with Gasteiger partial charge in [-0.25, -0.2) is 4.79 Å². The van der Waals surface area contributed by atoms with E-state index in [1.807, 2.05) is 0 Å². The number of carbonyl (C=O) groups is 2. The molecule has 0 N–H and O–H groups in total. The van der Waals surface area contributed by atoms with E-state index in [1.165, 1.54) is 0 Å². The fourth-order valence-electron chi connectivity index (χ4n) is 2.46. The van der Waals surface area contributed by atoms with E-state index in [1.54, 1.807) is 16.7 Å². The average molecular weight is 270 g/mol. The molecular weight excluding hydrogens is 248 g/mol. The van der Waals surface area contributed by atoms with Gasteiger partial charge in [0.2, 0.25) is 0 Å². The molecule has 0 bridgehead atoms. The molecule has 0 aromatic rings. The van der Waals surface area contributed by atoms with Crippen LogP contribution in [0.4, 0.5) is 4.79 Å². The van der Waals surface area contributed by atoms with Crippen molar-refractivity contribution in [2.45, 2.75) is 32.3 Å². The Balaban J connectivity index is 1.79. The molecule has 0 aromatic carbocycles. The normalized spacial score (nSPS) is 24.2. The molecule has 2 saturated heterocycles. The monoisotopic (exact) mass is 270 g/mol. The maximum Gasteiger partial charge on any atom is 0.409 e. The molecule has 0 radical (unpaired) electrons. The molecule has 0 aromatic heterocycles. The maximum atomic E-state index is 12.2. The van der Waals surface area contributed by atoms with Crippen molar-refractivity contribution < 1.29 is 19.1 Å². The van der Waals surface area contributed by atoms with E-state index in [4.69, 9.17) is 9.47 Å². The Morgan fingerprint density at radius 3 is 2.42 bits per heavy atom. The highest BCUT2D eigenvalue weighted by molar-refractivity contribution is 5.81. The van der Waals surface area contributed by atoms with Gasteiger partial charge in [-0.2, -0.15) is 0 Å². The number of hydrogen-bond donors (Lipinski definition) is 0. The third-order valence-corrected chi connectivity index (χ3v) is 3.57. The highest BCUT2D eigenvalue weighted by Gasteiger charge is 2.30. The highest BCUT2D eigenvalue weighted by Crippen LogP contribution is 2.16. The number of rotatable bonds is 2. The molecule has 0 spiro atoms. The van der Waals surface area contributed by atoms with Crippen LogP contribution in [0.5, 0.6) is 0 Å². The van der Waals surface area contributed by atoms with E-state index in [-0.39, 0.29) is 18.1 Å². The first-order valence-electron chi connectivity index (χ1n) is 7.04. The van der Waals surface area contributed by atoms with Gasteiger partial charge in [0, 0.05) is 32.8 Å². The van der Waals surface area contributed by atoms with Gasteiger partial charge in [-0.3, -0.25) is 4.79 Å². The predicted octanol–water partition coefficient (Wildman–Crippen LogP) is 0.856. The second-order valence-corrected chi connectivity index (χ2v) is 4.87. The Bertz CT molecular complexity index is 321. The third-order valence-electron chi connectivity index (χ3n) is 3.57. The van der Waals surface area contributed by atoms with Crippen LogP contribution in [-0.2, 0) is 14.3 Å². The Labute approximate surface area is 113 Å². The quantitative estimate of drug-likeness (QED) is 0.746. The van der Waals surface area contributed by atoms with Crippen LogP contribution in [0.25, 0.3) is 0 Å². The molecule has 2 fully saturated rings. The largest absolute Gasteiger partial charge is 0.450 e. The minimum atomic E-state index is -0.288. The van der Waals surface area contributed by atoms with E-state index >= 15 is 0 Å². The summed E-state index contributed by atoms with van der Waals surface area (Å²) in [6.07, 6.45) is 2.35. The Morgan fingerprint density at radius 1 is 1.16 bits per heavy atom. The number of amides is 2. The van der Waals surface area contributed by atoms with Crippen LogP contribution < -0.4 is 0 Å². The summed E-state index contributed by atoms with van der Waals surface area (Å²) in [5, 5.41) is 0. The second-order valence-electron chi connectivity index (χ2n) is 4.87. The molecule has 1 atom stereocenters. The summed E-state index contributed by atoms with van der Waals surface area (Å²) in [6, 6.07) is 0. The molecule has 2 heterocycles. The molecule has 108 valence electrons. The lowest BCUT2D eigenvalue weighted by atomic mass is 10.1. The van der Waals surface area contributed by atoms with Crippen molar-refractivity contribution in [3.63, 3.8) is 0 Å². The molecule has 19 heavy (non-hydrogen) atoms. The van der Waals surface area contributed by atoms with Crippen molar-refractivity contribution in [3.05, 3.63) is 0 Å². The van der Waals surface area contributed by atoms with E-state index in [0.717, 1.165) is 19.3 Å². The predicted molar refractivity (Wildman–Crippen MR) is 68.8 cm³/mol. The molecule has 2 aliphatic rings. The molecule has 2 amide bonds. The highest BCUT2D eigenvalue weighted by atomic mass is 16.6. The average Bonchev–Trinajstić information content (AvgIpc) is 2.48. The zero-order chi connectivity index (χ0) is 13.7. The van der Waals surface area contributed by atoms with Crippen LogP contribution in [0.3, 0.4) is 0 Å². The van der Waals surface area contributed by atoms with Crippen LogP contribution >= 0.6 is 0 Å². The molecule has 1 unspecified atom stereocenters. The first-order valence-corrected chi connectivity index (χ1v) is 7.04. The lowest BCUT2D eigenvalue weighted by molar-refractivity contribution is -0.148. The van der Waals surface area contributed by atoms with E-state index in [2.05, 4.69) is 0 Å². The van der Waals surface area contributed by atoms with Gasteiger partial charge in [-0.15, -0.1) is 0 Å². The number of carbonyl (C=O) groups excluding carboxylic acids is 2. The van der Waals surface area contributed by atoms with E-state index < -0.39 is 0 Å². The summed E-state index contributed by atoms with van der Waals surface area (Å²) in [5.41, 5.74) is 0. The number of nitrogens with zero attached hydrogens (tertiary/aromatic N) is 2. The van der Waals surface area contributed by atoms with Gasteiger partial charge in [0.05, 0.1) is 6.61 Å². The van der Waals surface area contributed by atoms with Crippen LogP contribution in [0.15, 0.2) is 0 Å². The fourth-order valence-corrected chi connectivity index (χ4v) is 2.46. The van der Waals surface area contributed by atoms with Gasteiger partial charge >= 0.3 is 6.09 Å². The standard InChI is InChI=1S/C13H22N2O4/c1-2-18-13(17)15-8-6-14(7-9-15)12(16)11-5-3-4-10-19-11/h11H,2-10H2,1H3. The molecule has 6 nitrogen and oxygen atoms in total. The molecule has 0 aliphatic carbocycles. The Hall–Kier alpha value is -1.30. The van der Waals surface area contributed by atoms with Crippen LogP contribution in [0.1, 0.15) is 26.2 Å². The summed E-state index contributed by atoms with van der Waals surface area (Å²) < 4.78 is 10.5. The zero-order valence-corrected chi connectivity index (χ0v) is 11.5. The summed E-state index contributed by atoms with van der Waals surface area (Å²) in [6.45, 7) is 5.06. The van der Waals surface area contributed by atoms with Gasteiger partial charge in [0.25, 0.3) is 5.91 Å². The number of piperazine rings is 1. The fraction of sp³-hybridized carbons (Fsp3) is 0.846. The lowest BCUT2D eigenvalue weighted by Gasteiger charge is -2.36. The first kappa shape index (κ1) is 14.1. The molecule has 2 aliphatic heterocycles. The van der Waals surface area contributed by atoms with Crippen molar-refractivity contribution in [1.82, 2.24) is 9.80 Å². The van der Waals surface area contributed by atoms with Gasteiger partial charge in [-0.1, -0.05) is 0 Å². The lowest BCUT2D eigenvalue weighted by Crippen LogP contribution is -2.53. The van der Waals surface area contributed by atoms with Gasteiger partial charge in [0.15, 0.2) is 0 Å². The van der Waals surface area contributed by atoms with Gasteiger partial charge < -0.3 is 19.3 Å². The van der Waals surface area contributed by atoms with Crippen LogP contribution in [0, 0.1) is 0 Å². The zero-order valence-electron chi connectivity index (χ0n) is 11.5. The summed E-state index contributed by atoms with van der Waals surface area (Å²) in [7, 11) is 0.